The van der Waals surface area contributed by atoms with Crippen molar-refractivity contribution in [1.82, 2.24) is 0 Å². The van der Waals surface area contributed by atoms with Gasteiger partial charge in [0.1, 0.15) is 0 Å². The molecular weight excluding hydrogens is 495 g/mol. The topological polar surface area (TPSA) is 106 Å². The average Bonchev–Trinajstić information content (AvgIpc) is 2.49. The zero-order valence-electron chi connectivity index (χ0n) is 13.8. The van der Waals surface area contributed by atoms with Gasteiger partial charge in [-0.3, -0.25) is 4.72 Å². The van der Waals surface area contributed by atoms with E-state index in [1.807, 2.05) is 0 Å². The van der Waals surface area contributed by atoms with Crippen LogP contribution in [0.2, 0.25) is 10.0 Å². The molecule has 0 spiro atoms. The molecule has 2 rings (SSSR count). The van der Waals surface area contributed by atoms with Crippen molar-refractivity contribution in [3.63, 3.8) is 0 Å². The molecule has 0 saturated carbocycles. The van der Waals surface area contributed by atoms with Crippen molar-refractivity contribution in [2.45, 2.75) is 20.2 Å². The van der Waals surface area contributed by atoms with E-state index < -0.39 is 36.1 Å². The average molecular weight is 504 g/mol. The Morgan fingerprint density at radius 1 is 0.964 bits per heavy atom. The van der Waals surface area contributed by atoms with Crippen LogP contribution in [0.4, 0.5) is 18.9 Å². The fourth-order valence-electron chi connectivity index (χ4n) is 1.73. The van der Waals surface area contributed by atoms with Crippen LogP contribution in [0.3, 0.4) is 0 Å². The van der Waals surface area contributed by atoms with E-state index in [0.29, 0.717) is 9.92 Å². The van der Waals surface area contributed by atoms with Gasteiger partial charge in [-0.25, -0.2) is 13.6 Å². The molecule has 0 aromatic heterocycles. The van der Waals surface area contributed by atoms with Crippen LogP contribution >= 0.6 is 35.0 Å². The van der Waals surface area contributed by atoms with E-state index in [4.69, 9.17) is 28.3 Å². The van der Waals surface area contributed by atoms with Crippen LogP contribution < -0.4 is 39.4 Å². The quantitative estimate of drug-likeness (QED) is 0.593. The van der Waals surface area contributed by atoms with Crippen molar-refractivity contribution in [1.29, 1.82) is 0 Å². The first-order chi connectivity index (χ1) is 12.2. The molecule has 0 amide bonds. The van der Waals surface area contributed by atoms with Crippen molar-refractivity contribution < 1.29 is 59.6 Å². The van der Waals surface area contributed by atoms with Gasteiger partial charge in [0.05, 0.1) is 15.6 Å². The summed E-state index contributed by atoms with van der Waals surface area (Å²) in [6, 6.07) is 6.89. The van der Waals surface area contributed by atoms with Gasteiger partial charge in [-0.05, 0) is 36.4 Å². The van der Waals surface area contributed by atoms with E-state index >= 15 is 0 Å². The van der Waals surface area contributed by atoms with Crippen LogP contribution in [-0.2, 0) is 20.0 Å². The number of sulfonamides is 2. The SMILES string of the molecule is NS(=O)(=O)c1ccc(NS(=O)(=O)C(F)(F)F)c(Sc2ccc(Cl)cc2Cl)c1.[Na+]. The molecule has 0 aliphatic heterocycles. The second-order valence-corrected chi connectivity index (χ2v) is 10.1. The molecule has 2 aromatic carbocycles. The van der Waals surface area contributed by atoms with Crippen LogP contribution in [0.1, 0.15) is 0 Å². The van der Waals surface area contributed by atoms with Gasteiger partial charge in [0.15, 0.2) is 0 Å². The smallest absolute Gasteiger partial charge is 0.275 e. The van der Waals surface area contributed by atoms with Gasteiger partial charge in [-0.15, -0.1) is 0 Å². The summed E-state index contributed by atoms with van der Waals surface area (Å²) in [6.07, 6.45) is 0. The van der Waals surface area contributed by atoms with Crippen molar-refractivity contribution >= 4 is 60.7 Å². The summed E-state index contributed by atoms with van der Waals surface area (Å²) < 4.78 is 85.1. The van der Waals surface area contributed by atoms with Gasteiger partial charge < -0.3 is 0 Å². The summed E-state index contributed by atoms with van der Waals surface area (Å²) in [4.78, 5) is -0.302. The molecule has 28 heavy (non-hydrogen) atoms. The molecule has 0 atom stereocenters. The largest absolute Gasteiger partial charge is 1.00 e. The number of hydrogen-bond acceptors (Lipinski definition) is 5. The molecule has 0 saturated heterocycles. The number of halogens is 5. The van der Waals surface area contributed by atoms with Crippen LogP contribution in [0.25, 0.3) is 0 Å². The first-order valence-electron chi connectivity index (χ1n) is 6.59. The van der Waals surface area contributed by atoms with E-state index in [1.165, 1.54) is 22.9 Å². The minimum atomic E-state index is -5.73. The predicted octanol–water partition coefficient (Wildman–Crippen LogP) is 1.06. The van der Waals surface area contributed by atoms with Crippen LogP contribution in [0, 0.1) is 0 Å². The molecule has 0 bridgehead atoms. The Bertz CT molecular complexity index is 1100. The van der Waals surface area contributed by atoms with Crippen LogP contribution in [0.5, 0.6) is 0 Å². The van der Waals surface area contributed by atoms with Gasteiger partial charge in [-0.1, -0.05) is 35.0 Å². The van der Waals surface area contributed by atoms with Crippen molar-refractivity contribution in [3.8, 4) is 0 Å². The Hall–Kier alpha value is -0.180. The fourth-order valence-corrected chi connectivity index (χ4v) is 4.46. The summed E-state index contributed by atoms with van der Waals surface area (Å²) in [5.41, 5.74) is -6.07. The van der Waals surface area contributed by atoms with Gasteiger partial charge in [0, 0.05) is 14.8 Å². The zero-order valence-corrected chi connectivity index (χ0v) is 19.8. The number of anilines is 1. The van der Waals surface area contributed by atoms with E-state index in [2.05, 4.69) is 0 Å². The van der Waals surface area contributed by atoms with Crippen LogP contribution in [0.15, 0.2) is 51.1 Å². The first-order valence-corrected chi connectivity index (χ1v) is 11.2. The third kappa shape index (κ3) is 6.41. The maximum atomic E-state index is 12.6. The molecule has 0 radical (unpaired) electrons. The normalized spacial score (nSPS) is 12.4. The predicted molar refractivity (Wildman–Crippen MR) is 97.0 cm³/mol. The van der Waals surface area contributed by atoms with Gasteiger partial charge in [0.25, 0.3) is 0 Å². The fraction of sp³-hybridized carbons (Fsp3) is 0.0769. The molecule has 0 fully saturated rings. The third-order valence-electron chi connectivity index (χ3n) is 2.94. The maximum Gasteiger partial charge on any atom is 1.00 e. The summed E-state index contributed by atoms with van der Waals surface area (Å²) in [5, 5.41) is 5.43. The molecule has 3 N–H and O–H groups in total. The number of benzene rings is 2. The molecule has 2 aromatic rings. The number of primary sulfonamides is 1. The van der Waals surface area contributed by atoms with Crippen LogP contribution in [-0.4, -0.2) is 22.3 Å². The van der Waals surface area contributed by atoms with E-state index in [0.717, 1.165) is 30.0 Å². The number of hydrogen-bond donors (Lipinski definition) is 2. The first kappa shape index (κ1) is 25.9. The number of nitrogens with one attached hydrogen (secondary N) is 1. The Morgan fingerprint density at radius 3 is 2.07 bits per heavy atom. The zero-order chi connectivity index (χ0) is 20.6. The Labute approximate surface area is 195 Å². The standard InChI is InChI=1S/C13H9Cl2F3N2O4S3.Na/c14-7-1-4-11(9(15)5-7)25-12-6-8(26(19,21)22)2-3-10(12)20-27(23,24)13(16,17)18;/h1-6,20H,(H2,19,21,22);/q;+1. The van der Waals surface area contributed by atoms with Crippen molar-refractivity contribution in [2.75, 3.05) is 4.72 Å². The summed E-state index contributed by atoms with van der Waals surface area (Å²) in [5.74, 6) is 0. The molecular formula is C13H9Cl2F3N2NaO4S3+. The molecule has 0 heterocycles. The molecule has 0 aliphatic carbocycles. The summed E-state index contributed by atoms with van der Waals surface area (Å²) >= 11 is 12.5. The Morgan fingerprint density at radius 2 is 1.57 bits per heavy atom. The minimum absolute atomic E-state index is 0. The molecule has 15 heteroatoms. The minimum Gasteiger partial charge on any atom is -0.275 e. The maximum absolute atomic E-state index is 12.6. The molecule has 0 unspecified atom stereocenters. The van der Waals surface area contributed by atoms with Crippen molar-refractivity contribution in [2.24, 2.45) is 5.14 Å². The number of nitrogens with two attached hydrogens (primary N) is 1. The Kier molecular flexibility index (Phi) is 8.60. The monoisotopic (exact) mass is 503 g/mol. The van der Waals surface area contributed by atoms with Gasteiger partial charge >= 0.3 is 45.1 Å². The summed E-state index contributed by atoms with van der Waals surface area (Å²) in [6.45, 7) is 0. The second-order valence-electron chi connectivity index (χ2n) is 4.93. The second kappa shape index (κ2) is 9.31. The Balaban J connectivity index is 0.00000392. The van der Waals surface area contributed by atoms with E-state index in [1.54, 1.807) is 0 Å². The van der Waals surface area contributed by atoms with Gasteiger partial charge in [-0.2, -0.15) is 21.6 Å². The van der Waals surface area contributed by atoms with E-state index in [9.17, 15) is 30.0 Å². The number of alkyl halides is 3. The molecule has 148 valence electrons. The van der Waals surface area contributed by atoms with E-state index in [-0.39, 0.29) is 39.5 Å². The number of rotatable bonds is 5. The van der Waals surface area contributed by atoms with Crippen molar-refractivity contribution in [3.05, 3.63) is 46.4 Å². The third-order valence-corrected chi connectivity index (χ3v) is 6.75. The molecule has 6 nitrogen and oxygen atoms in total. The summed E-state index contributed by atoms with van der Waals surface area (Å²) in [7, 11) is -9.92. The van der Waals surface area contributed by atoms with Gasteiger partial charge in [0.2, 0.25) is 10.0 Å². The molecule has 0 aliphatic rings.